The van der Waals surface area contributed by atoms with Gasteiger partial charge in [0.1, 0.15) is 5.56 Å². The van der Waals surface area contributed by atoms with Gasteiger partial charge in [0, 0.05) is 11.8 Å². The van der Waals surface area contributed by atoms with E-state index in [1.807, 2.05) is 31.2 Å². The van der Waals surface area contributed by atoms with Gasteiger partial charge in [0.15, 0.2) is 0 Å². The molecule has 7 nitrogen and oxygen atoms in total. The molecule has 2 N–H and O–H groups in total. The number of hydrogen-bond acceptors (Lipinski definition) is 4. The van der Waals surface area contributed by atoms with Crippen LogP contribution in [-0.4, -0.2) is 27.8 Å². The molecule has 1 heterocycles. The molecule has 0 unspecified atom stereocenters. The van der Waals surface area contributed by atoms with Gasteiger partial charge in [-0.25, -0.2) is 10.2 Å². The number of carboxylic acids is 1. The number of nitrogens with zero attached hydrogens (tertiary/aromatic N) is 2. The number of hydrogen-bond donors (Lipinski definition) is 2. The summed E-state index contributed by atoms with van der Waals surface area (Å²) >= 11 is 0. The summed E-state index contributed by atoms with van der Waals surface area (Å²) in [5.74, 6) is -1.77. The van der Waals surface area contributed by atoms with E-state index in [0.717, 1.165) is 11.1 Å². The van der Waals surface area contributed by atoms with Crippen LogP contribution in [0.2, 0.25) is 0 Å². The summed E-state index contributed by atoms with van der Waals surface area (Å²) in [4.78, 5) is 36.2. The van der Waals surface area contributed by atoms with Crippen molar-refractivity contribution in [2.24, 2.45) is 5.10 Å². The van der Waals surface area contributed by atoms with E-state index in [0.29, 0.717) is 12.1 Å². The Kier molecular flexibility index (Phi) is 5.99. The first-order valence-electron chi connectivity index (χ1n) is 8.86. The Bertz CT molecular complexity index is 1150. The van der Waals surface area contributed by atoms with E-state index < -0.39 is 17.4 Å². The second-order valence-corrected chi connectivity index (χ2v) is 6.44. The molecule has 0 fully saturated rings. The van der Waals surface area contributed by atoms with E-state index in [1.54, 1.807) is 30.5 Å². The minimum Gasteiger partial charge on any atom is -0.478 e. The second-order valence-electron chi connectivity index (χ2n) is 6.44. The van der Waals surface area contributed by atoms with Gasteiger partial charge in [-0.2, -0.15) is 5.10 Å². The van der Waals surface area contributed by atoms with Crippen molar-refractivity contribution in [2.75, 3.05) is 0 Å². The molecular formula is C22H19N3O4. The van der Waals surface area contributed by atoms with E-state index in [4.69, 9.17) is 5.11 Å². The Morgan fingerprint density at radius 2 is 1.83 bits per heavy atom. The second kappa shape index (κ2) is 8.79. The first-order valence-corrected chi connectivity index (χ1v) is 8.86. The van der Waals surface area contributed by atoms with Crippen LogP contribution >= 0.6 is 0 Å². The summed E-state index contributed by atoms with van der Waals surface area (Å²) in [6.45, 7) is 2.31. The van der Waals surface area contributed by atoms with Crippen LogP contribution in [0.15, 0.2) is 76.8 Å². The molecule has 1 aromatic heterocycles. The summed E-state index contributed by atoms with van der Waals surface area (Å²) in [6, 6.07) is 17.1. The van der Waals surface area contributed by atoms with Crippen LogP contribution in [0, 0.1) is 6.92 Å². The molecule has 2 aromatic carbocycles. The van der Waals surface area contributed by atoms with Gasteiger partial charge < -0.3 is 9.67 Å². The fourth-order valence-electron chi connectivity index (χ4n) is 2.87. The number of carboxylic acid groups (broad SMARTS) is 1. The lowest BCUT2D eigenvalue weighted by atomic mass is 10.1. The minimum atomic E-state index is -1.10. The number of pyridine rings is 1. The molecule has 0 saturated carbocycles. The lowest BCUT2D eigenvalue weighted by Gasteiger charge is -2.08. The summed E-state index contributed by atoms with van der Waals surface area (Å²) < 4.78 is 1.45. The van der Waals surface area contributed by atoms with Crippen molar-refractivity contribution in [3.8, 4) is 0 Å². The zero-order valence-corrected chi connectivity index (χ0v) is 15.7. The number of hydrazone groups is 1. The maximum atomic E-state index is 12.6. The van der Waals surface area contributed by atoms with Gasteiger partial charge in [0.05, 0.1) is 18.3 Å². The Labute approximate surface area is 166 Å². The molecule has 146 valence electrons. The molecule has 0 aliphatic rings. The van der Waals surface area contributed by atoms with Crippen LogP contribution in [0.25, 0.3) is 0 Å². The lowest BCUT2D eigenvalue weighted by molar-refractivity contribution is 0.0696. The molecule has 29 heavy (non-hydrogen) atoms. The van der Waals surface area contributed by atoms with Crippen molar-refractivity contribution in [3.05, 3.63) is 105 Å². The number of nitrogens with one attached hydrogen (secondary N) is 1. The highest BCUT2D eigenvalue weighted by Crippen LogP contribution is 2.07. The Morgan fingerprint density at radius 1 is 1.07 bits per heavy atom. The normalized spacial score (nSPS) is 10.8. The van der Waals surface area contributed by atoms with Crippen molar-refractivity contribution < 1.29 is 14.7 Å². The SMILES string of the molecule is Cc1cccc(Cn2cccc(C(=O)N/N=C\c3ccccc3C(=O)O)c2=O)c1. The Hall–Kier alpha value is -4.00. The maximum absolute atomic E-state index is 12.6. The molecule has 3 rings (SSSR count). The van der Waals surface area contributed by atoms with Crippen LogP contribution in [-0.2, 0) is 6.54 Å². The zero-order chi connectivity index (χ0) is 20.8. The van der Waals surface area contributed by atoms with Gasteiger partial charge in [0.2, 0.25) is 0 Å². The Balaban J connectivity index is 1.77. The summed E-state index contributed by atoms with van der Waals surface area (Å²) in [7, 11) is 0. The molecule has 0 aliphatic heterocycles. The fraction of sp³-hybridized carbons (Fsp3) is 0.0909. The fourth-order valence-corrected chi connectivity index (χ4v) is 2.87. The summed E-state index contributed by atoms with van der Waals surface area (Å²) in [5, 5.41) is 13.0. The largest absolute Gasteiger partial charge is 0.478 e. The monoisotopic (exact) mass is 389 g/mol. The first kappa shape index (κ1) is 19.8. The van der Waals surface area contributed by atoms with Crippen molar-refractivity contribution in [1.82, 2.24) is 9.99 Å². The highest BCUT2D eigenvalue weighted by atomic mass is 16.4. The van der Waals surface area contributed by atoms with Gasteiger partial charge >= 0.3 is 5.97 Å². The van der Waals surface area contributed by atoms with E-state index in [9.17, 15) is 14.4 Å². The minimum absolute atomic E-state index is 0.0520. The molecular weight excluding hydrogens is 370 g/mol. The van der Waals surface area contributed by atoms with Crippen molar-refractivity contribution in [2.45, 2.75) is 13.5 Å². The number of amides is 1. The number of aryl methyl sites for hydroxylation is 1. The van der Waals surface area contributed by atoms with Crippen molar-refractivity contribution in [1.29, 1.82) is 0 Å². The lowest BCUT2D eigenvalue weighted by Crippen LogP contribution is -2.30. The quantitative estimate of drug-likeness (QED) is 0.500. The molecule has 7 heteroatoms. The van der Waals surface area contributed by atoms with Gasteiger partial charge in [-0.3, -0.25) is 9.59 Å². The maximum Gasteiger partial charge on any atom is 0.336 e. The van der Waals surface area contributed by atoms with Crippen LogP contribution in [0.5, 0.6) is 0 Å². The third-order valence-corrected chi connectivity index (χ3v) is 4.26. The van der Waals surface area contributed by atoms with Crippen LogP contribution in [0.3, 0.4) is 0 Å². The molecule has 0 atom stereocenters. The molecule has 0 spiro atoms. The van der Waals surface area contributed by atoms with Crippen molar-refractivity contribution in [3.63, 3.8) is 0 Å². The molecule has 0 saturated heterocycles. The summed E-state index contributed by atoms with van der Waals surface area (Å²) in [5.41, 5.74) is 4.22. The molecule has 0 bridgehead atoms. The molecule has 1 amide bonds. The van der Waals surface area contributed by atoms with Gasteiger partial charge in [0.25, 0.3) is 11.5 Å². The van der Waals surface area contributed by atoms with E-state index in [2.05, 4.69) is 10.5 Å². The molecule has 0 radical (unpaired) electrons. The van der Waals surface area contributed by atoms with Gasteiger partial charge in [-0.05, 0) is 30.7 Å². The average Bonchev–Trinajstić information content (AvgIpc) is 2.70. The van der Waals surface area contributed by atoms with E-state index in [-0.39, 0.29) is 11.1 Å². The number of carbonyl (C=O) groups excluding carboxylic acids is 1. The third kappa shape index (κ3) is 4.84. The highest BCUT2D eigenvalue weighted by Gasteiger charge is 2.12. The number of carbonyl (C=O) groups is 2. The van der Waals surface area contributed by atoms with Crippen LogP contribution in [0.1, 0.15) is 37.4 Å². The molecule has 0 aliphatic carbocycles. The van der Waals surface area contributed by atoms with E-state index >= 15 is 0 Å². The highest BCUT2D eigenvalue weighted by molar-refractivity contribution is 5.99. The topological polar surface area (TPSA) is 101 Å². The standard InChI is InChI=1S/C22H19N3O4/c1-15-6-4-7-16(12-15)14-25-11-5-10-19(21(25)27)20(26)24-23-13-17-8-2-3-9-18(17)22(28)29/h2-13H,14H2,1H3,(H,24,26)(H,28,29)/b23-13-. The number of aromatic nitrogens is 1. The summed E-state index contributed by atoms with van der Waals surface area (Å²) in [6.07, 6.45) is 2.85. The predicted molar refractivity (Wildman–Crippen MR) is 109 cm³/mol. The smallest absolute Gasteiger partial charge is 0.336 e. The molecule has 3 aromatic rings. The third-order valence-electron chi connectivity index (χ3n) is 4.26. The Morgan fingerprint density at radius 3 is 2.59 bits per heavy atom. The van der Waals surface area contributed by atoms with Crippen LogP contribution < -0.4 is 11.0 Å². The van der Waals surface area contributed by atoms with Crippen molar-refractivity contribution >= 4 is 18.1 Å². The number of rotatable bonds is 6. The zero-order valence-electron chi connectivity index (χ0n) is 15.7. The van der Waals surface area contributed by atoms with Gasteiger partial charge in [-0.1, -0.05) is 48.0 Å². The van der Waals surface area contributed by atoms with Gasteiger partial charge in [-0.15, -0.1) is 0 Å². The number of benzene rings is 2. The van der Waals surface area contributed by atoms with Crippen LogP contribution in [0.4, 0.5) is 0 Å². The van der Waals surface area contributed by atoms with E-state index in [1.165, 1.54) is 22.9 Å². The number of aromatic carboxylic acids is 1. The predicted octanol–water partition coefficient (Wildman–Crippen LogP) is 2.67. The first-order chi connectivity index (χ1) is 14.0. The average molecular weight is 389 g/mol.